The van der Waals surface area contributed by atoms with Crippen molar-refractivity contribution in [2.75, 3.05) is 5.32 Å². The molecule has 0 aliphatic heterocycles. The van der Waals surface area contributed by atoms with Gasteiger partial charge in [-0.1, -0.05) is 31.0 Å². The molecule has 3 nitrogen and oxygen atoms in total. The number of nitrogens with one attached hydrogen (secondary N) is 1. The molecule has 0 saturated carbocycles. The van der Waals surface area contributed by atoms with Gasteiger partial charge in [0.05, 0.1) is 0 Å². The minimum atomic E-state index is -0.0150. The van der Waals surface area contributed by atoms with Crippen LogP contribution in [0.2, 0.25) is 5.02 Å². The van der Waals surface area contributed by atoms with Gasteiger partial charge in [0.1, 0.15) is 0 Å². The lowest BCUT2D eigenvalue weighted by Gasteiger charge is -2.13. The van der Waals surface area contributed by atoms with Crippen molar-refractivity contribution < 1.29 is 4.79 Å². The Balaban J connectivity index is 2.47. The van der Waals surface area contributed by atoms with Gasteiger partial charge >= 0.3 is 0 Å². The molecule has 4 heteroatoms. The highest BCUT2D eigenvalue weighted by Gasteiger charge is 2.13. The summed E-state index contributed by atoms with van der Waals surface area (Å²) in [6.45, 7) is 5.86. The van der Waals surface area contributed by atoms with Gasteiger partial charge in [0.15, 0.2) is 0 Å². The highest BCUT2D eigenvalue weighted by molar-refractivity contribution is 6.31. The number of benzene rings is 1. The van der Waals surface area contributed by atoms with Gasteiger partial charge in [-0.3, -0.25) is 4.79 Å². The number of anilines is 1. The van der Waals surface area contributed by atoms with Crippen molar-refractivity contribution in [3.63, 3.8) is 0 Å². The van der Waals surface area contributed by atoms with Gasteiger partial charge in [0.2, 0.25) is 5.91 Å². The van der Waals surface area contributed by atoms with Crippen LogP contribution in [-0.4, -0.2) is 11.9 Å². The van der Waals surface area contributed by atoms with Crippen LogP contribution in [0.25, 0.3) is 0 Å². The third-order valence-corrected chi connectivity index (χ3v) is 3.59. The summed E-state index contributed by atoms with van der Waals surface area (Å²) in [5, 5.41) is 3.56. The number of nitrogens with two attached hydrogens (primary N) is 1. The minimum absolute atomic E-state index is 0.0150. The van der Waals surface area contributed by atoms with E-state index in [1.807, 2.05) is 32.9 Å². The Labute approximate surface area is 120 Å². The molecule has 0 bridgehead atoms. The number of amides is 1. The number of aryl methyl sites for hydroxylation is 1. The van der Waals surface area contributed by atoms with Crippen LogP contribution in [0.4, 0.5) is 5.69 Å². The molecule has 1 amide bonds. The molecule has 0 radical (unpaired) electrons. The van der Waals surface area contributed by atoms with Crippen molar-refractivity contribution in [2.45, 2.75) is 46.1 Å². The van der Waals surface area contributed by atoms with Gasteiger partial charge in [-0.15, -0.1) is 0 Å². The van der Waals surface area contributed by atoms with Gasteiger partial charge in [0, 0.05) is 22.7 Å². The molecule has 0 heterocycles. The van der Waals surface area contributed by atoms with Crippen LogP contribution >= 0.6 is 11.6 Å². The van der Waals surface area contributed by atoms with E-state index in [2.05, 4.69) is 5.32 Å². The summed E-state index contributed by atoms with van der Waals surface area (Å²) in [6, 6.07) is 5.75. The summed E-state index contributed by atoms with van der Waals surface area (Å²) in [5.74, 6) is 0.0171. The Hall–Kier alpha value is -1.06. The number of carbonyl (C=O) groups excluding carboxylic acids is 1. The molecular weight excluding hydrogens is 260 g/mol. The normalized spacial score (nSPS) is 13.9. The predicted molar refractivity (Wildman–Crippen MR) is 81.5 cm³/mol. The molecule has 0 spiro atoms. The van der Waals surface area contributed by atoms with Crippen LogP contribution in [-0.2, 0) is 4.79 Å². The number of carbonyl (C=O) groups is 1. The molecule has 2 atom stereocenters. The Kier molecular flexibility index (Phi) is 6.32. The Morgan fingerprint density at radius 3 is 2.63 bits per heavy atom. The number of halogens is 1. The quantitative estimate of drug-likeness (QED) is 0.835. The van der Waals surface area contributed by atoms with Crippen LogP contribution in [0, 0.1) is 12.8 Å². The highest BCUT2D eigenvalue weighted by Crippen LogP contribution is 2.21. The zero-order chi connectivity index (χ0) is 14.4. The van der Waals surface area contributed by atoms with Gasteiger partial charge in [0.25, 0.3) is 0 Å². The molecular formula is C15H23ClN2O. The van der Waals surface area contributed by atoms with Crippen molar-refractivity contribution in [3.8, 4) is 0 Å². The van der Waals surface area contributed by atoms with Crippen molar-refractivity contribution in [1.82, 2.24) is 0 Å². The van der Waals surface area contributed by atoms with E-state index in [1.54, 1.807) is 6.07 Å². The molecule has 106 valence electrons. The molecule has 0 aromatic heterocycles. The molecule has 1 rings (SSSR count). The smallest absolute Gasteiger partial charge is 0.227 e. The first-order valence-corrected chi connectivity index (χ1v) is 7.10. The molecule has 1 aromatic rings. The van der Waals surface area contributed by atoms with Gasteiger partial charge in [-0.2, -0.15) is 0 Å². The average molecular weight is 283 g/mol. The lowest BCUT2D eigenvalue weighted by Crippen LogP contribution is -2.21. The van der Waals surface area contributed by atoms with Crippen molar-refractivity contribution in [2.24, 2.45) is 11.7 Å². The molecule has 0 saturated heterocycles. The Morgan fingerprint density at radius 1 is 1.37 bits per heavy atom. The topological polar surface area (TPSA) is 55.1 Å². The Bertz CT molecular complexity index is 432. The third kappa shape index (κ3) is 5.62. The fourth-order valence-electron chi connectivity index (χ4n) is 1.81. The lowest BCUT2D eigenvalue weighted by atomic mass is 10.0. The molecule has 3 N–H and O–H groups in total. The fourth-order valence-corrected chi connectivity index (χ4v) is 1.99. The first-order chi connectivity index (χ1) is 8.90. The molecule has 0 aliphatic carbocycles. The molecule has 1 aromatic carbocycles. The second kappa shape index (κ2) is 7.51. The van der Waals surface area contributed by atoms with E-state index in [4.69, 9.17) is 17.3 Å². The van der Waals surface area contributed by atoms with E-state index >= 15 is 0 Å². The second-order valence-electron chi connectivity index (χ2n) is 5.26. The summed E-state index contributed by atoms with van der Waals surface area (Å²) in [6.07, 6.45) is 2.78. The summed E-state index contributed by atoms with van der Waals surface area (Å²) in [5.41, 5.74) is 7.45. The lowest BCUT2D eigenvalue weighted by molar-refractivity contribution is -0.119. The van der Waals surface area contributed by atoms with Crippen molar-refractivity contribution in [1.29, 1.82) is 0 Å². The highest BCUT2D eigenvalue weighted by atomic mass is 35.5. The number of rotatable bonds is 6. The molecule has 0 aliphatic rings. The maximum absolute atomic E-state index is 12.0. The standard InChI is InChI=1S/C15H23ClN2O/c1-10-7-8-13(9-14(10)16)18-15(19)11(2)5-4-6-12(3)17/h7-9,11-12H,4-6,17H2,1-3H3,(H,18,19). The van der Waals surface area contributed by atoms with Crippen molar-refractivity contribution >= 4 is 23.2 Å². The van der Waals surface area contributed by atoms with E-state index in [0.717, 1.165) is 30.5 Å². The minimum Gasteiger partial charge on any atom is -0.328 e. The van der Waals surface area contributed by atoms with Crippen LogP contribution in [0.3, 0.4) is 0 Å². The van der Waals surface area contributed by atoms with E-state index in [0.29, 0.717) is 5.02 Å². The summed E-state index contributed by atoms with van der Waals surface area (Å²) < 4.78 is 0. The first kappa shape index (κ1) is 16.0. The second-order valence-corrected chi connectivity index (χ2v) is 5.67. The van der Waals surface area contributed by atoms with Crippen LogP contribution in [0.1, 0.15) is 38.7 Å². The van der Waals surface area contributed by atoms with Crippen LogP contribution in [0.5, 0.6) is 0 Å². The fraction of sp³-hybridized carbons (Fsp3) is 0.533. The maximum Gasteiger partial charge on any atom is 0.227 e. The van der Waals surface area contributed by atoms with E-state index in [-0.39, 0.29) is 17.9 Å². The molecule has 19 heavy (non-hydrogen) atoms. The van der Waals surface area contributed by atoms with Crippen LogP contribution in [0.15, 0.2) is 18.2 Å². The zero-order valence-corrected chi connectivity index (χ0v) is 12.6. The van der Waals surface area contributed by atoms with Gasteiger partial charge < -0.3 is 11.1 Å². The maximum atomic E-state index is 12.0. The van der Waals surface area contributed by atoms with Gasteiger partial charge in [-0.25, -0.2) is 0 Å². The summed E-state index contributed by atoms with van der Waals surface area (Å²) >= 11 is 6.03. The van der Waals surface area contributed by atoms with Crippen LogP contribution < -0.4 is 11.1 Å². The number of hydrogen-bond acceptors (Lipinski definition) is 2. The van der Waals surface area contributed by atoms with E-state index in [1.165, 1.54) is 0 Å². The van der Waals surface area contributed by atoms with E-state index in [9.17, 15) is 4.79 Å². The van der Waals surface area contributed by atoms with E-state index < -0.39 is 0 Å². The zero-order valence-electron chi connectivity index (χ0n) is 11.9. The summed E-state index contributed by atoms with van der Waals surface area (Å²) in [7, 11) is 0. The molecule has 0 fully saturated rings. The summed E-state index contributed by atoms with van der Waals surface area (Å²) in [4.78, 5) is 12.0. The van der Waals surface area contributed by atoms with Crippen molar-refractivity contribution in [3.05, 3.63) is 28.8 Å². The average Bonchev–Trinajstić information content (AvgIpc) is 2.33. The molecule has 2 unspecified atom stereocenters. The third-order valence-electron chi connectivity index (χ3n) is 3.18. The SMILES string of the molecule is Cc1ccc(NC(=O)C(C)CCCC(C)N)cc1Cl. The Morgan fingerprint density at radius 2 is 2.05 bits per heavy atom. The largest absolute Gasteiger partial charge is 0.328 e. The monoisotopic (exact) mass is 282 g/mol. The predicted octanol–water partition coefficient (Wildman–Crippen LogP) is 3.74. The first-order valence-electron chi connectivity index (χ1n) is 6.72. The number of hydrogen-bond donors (Lipinski definition) is 2. The van der Waals surface area contributed by atoms with Gasteiger partial charge in [-0.05, 0) is 44.4 Å².